The number of aromatic amines is 1. The minimum atomic E-state index is -0.170. The second-order valence-corrected chi connectivity index (χ2v) is 8.51. The minimum Gasteiger partial charge on any atom is -0.370 e. The van der Waals surface area contributed by atoms with E-state index in [0.29, 0.717) is 22.8 Å². The van der Waals surface area contributed by atoms with E-state index in [1.54, 1.807) is 37.6 Å². The highest BCUT2D eigenvalue weighted by atomic mass is 16.1. The zero-order valence-electron chi connectivity index (χ0n) is 18.1. The molecule has 0 radical (unpaired) electrons. The van der Waals surface area contributed by atoms with Gasteiger partial charge in [0.05, 0.1) is 17.3 Å². The Bertz CT molecular complexity index is 1170. The smallest absolute Gasteiger partial charge is 0.269 e. The molecule has 2 fully saturated rings. The second-order valence-electron chi connectivity index (χ2n) is 8.51. The first-order valence-corrected chi connectivity index (χ1v) is 11.1. The number of amides is 1. The fraction of sp³-hybridized carbons (Fsp3) is 0.435. The number of carbonyl (C=O) groups excluding carboxylic acids is 1. The summed E-state index contributed by atoms with van der Waals surface area (Å²) in [6.45, 7) is 3.85. The summed E-state index contributed by atoms with van der Waals surface area (Å²) in [5.74, 6) is 0.814. The fourth-order valence-corrected chi connectivity index (χ4v) is 4.85. The van der Waals surface area contributed by atoms with Gasteiger partial charge in [0.15, 0.2) is 5.65 Å². The number of hydrogen-bond donors (Lipinski definition) is 2. The summed E-state index contributed by atoms with van der Waals surface area (Å²) < 4.78 is 0. The molecule has 1 amide bonds. The minimum absolute atomic E-state index is 0.110. The van der Waals surface area contributed by atoms with Crippen LogP contribution in [0.1, 0.15) is 41.5 Å². The van der Waals surface area contributed by atoms with Crippen LogP contribution in [0.3, 0.4) is 0 Å². The van der Waals surface area contributed by atoms with Crippen LogP contribution >= 0.6 is 0 Å². The molecule has 32 heavy (non-hydrogen) atoms. The molecule has 5 rings (SSSR count). The molecule has 1 atom stereocenters. The van der Waals surface area contributed by atoms with Crippen LogP contribution in [0.5, 0.6) is 0 Å². The molecule has 0 spiro atoms. The van der Waals surface area contributed by atoms with Gasteiger partial charge in [-0.15, -0.1) is 0 Å². The van der Waals surface area contributed by atoms with Gasteiger partial charge in [-0.25, -0.2) is 15.0 Å². The highest BCUT2D eigenvalue weighted by Gasteiger charge is 2.32. The molecule has 0 saturated carbocycles. The monoisotopic (exact) mass is 433 g/mol. The lowest BCUT2D eigenvalue weighted by atomic mass is 10.0. The van der Waals surface area contributed by atoms with E-state index in [0.717, 1.165) is 57.0 Å². The van der Waals surface area contributed by atoms with Gasteiger partial charge in [0.1, 0.15) is 11.5 Å². The molecule has 0 bridgehead atoms. The zero-order valence-corrected chi connectivity index (χ0v) is 18.1. The van der Waals surface area contributed by atoms with E-state index in [4.69, 9.17) is 0 Å². The highest BCUT2D eigenvalue weighted by molar-refractivity contribution is 5.92. The lowest BCUT2D eigenvalue weighted by molar-refractivity contribution is 0.0958. The van der Waals surface area contributed by atoms with Gasteiger partial charge in [0, 0.05) is 44.8 Å². The number of nitrogens with zero attached hydrogens (tertiary/aromatic N) is 5. The summed E-state index contributed by atoms with van der Waals surface area (Å²) in [5, 5.41) is 3.13. The third-order valence-corrected chi connectivity index (χ3v) is 6.66. The van der Waals surface area contributed by atoms with Gasteiger partial charge in [0.2, 0.25) is 0 Å². The molecule has 3 aromatic heterocycles. The molecule has 2 N–H and O–H groups in total. The van der Waals surface area contributed by atoms with Crippen LogP contribution in [0, 0.1) is 0 Å². The Kier molecular flexibility index (Phi) is 5.57. The molecular formula is C23H27N7O2. The number of piperidine rings is 1. The second kappa shape index (κ2) is 8.66. The number of carbonyl (C=O) groups is 1. The van der Waals surface area contributed by atoms with E-state index in [1.807, 2.05) is 6.07 Å². The molecule has 9 nitrogen and oxygen atoms in total. The molecule has 0 aromatic carbocycles. The van der Waals surface area contributed by atoms with E-state index in [-0.39, 0.29) is 17.4 Å². The number of nitrogens with one attached hydrogen (secondary N) is 2. The summed E-state index contributed by atoms with van der Waals surface area (Å²) in [4.78, 5) is 45.1. The number of aromatic nitrogens is 4. The van der Waals surface area contributed by atoms with Crippen molar-refractivity contribution in [3.05, 3.63) is 58.5 Å². The van der Waals surface area contributed by atoms with E-state index in [2.05, 4.69) is 35.1 Å². The van der Waals surface area contributed by atoms with Crippen molar-refractivity contribution in [3.63, 3.8) is 0 Å². The van der Waals surface area contributed by atoms with Gasteiger partial charge in [-0.2, -0.15) is 0 Å². The van der Waals surface area contributed by atoms with Crippen LogP contribution in [0.4, 0.5) is 5.69 Å². The van der Waals surface area contributed by atoms with Crippen LogP contribution in [0.25, 0.3) is 11.0 Å². The average molecular weight is 434 g/mol. The fourth-order valence-electron chi connectivity index (χ4n) is 4.85. The van der Waals surface area contributed by atoms with E-state index in [9.17, 15) is 9.59 Å². The third-order valence-electron chi connectivity index (χ3n) is 6.66. The SMILES string of the molecule is CNC(=O)c1ccc(N2CCC(N3CCC(c4nc5ncccc5c(=O)[nH]4)C3)CC2)cn1. The quantitative estimate of drug-likeness (QED) is 0.643. The van der Waals surface area contributed by atoms with Crippen molar-refractivity contribution in [1.29, 1.82) is 0 Å². The van der Waals surface area contributed by atoms with E-state index >= 15 is 0 Å². The first-order valence-electron chi connectivity index (χ1n) is 11.1. The van der Waals surface area contributed by atoms with Gasteiger partial charge < -0.3 is 15.2 Å². The third kappa shape index (κ3) is 3.95. The van der Waals surface area contributed by atoms with Crippen LogP contribution in [-0.4, -0.2) is 70.0 Å². The first-order chi connectivity index (χ1) is 15.6. The van der Waals surface area contributed by atoms with Gasteiger partial charge in [-0.3, -0.25) is 14.5 Å². The first kappa shape index (κ1) is 20.6. The molecule has 1 unspecified atom stereocenters. The van der Waals surface area contributed by atoms with Crippen LogP contribution in [-0.2, 0) is 0 Å². The zero-order chi connectivity index (χ0) is 22.1. The number of likely N-dealkylation sites (tertiary alicyclic amines) is 1. The number of rotatable bonds is 4. The number of pyridine rings is 2. The number of fused-ring (bicyclic) bond motifs is 1. The summed E-state index contributed by atoms with van der Waals surface area (Å²) in [5.41, 5.74) is 1.90. The van der Waals surface area contributed by atoms with Gasteiger partial charge in [-0.1, -0.05) is 0 Å². The molecular weight excluding hydrogens is 406 g/mol. The average Bonchev–Trinajstić information content (AvgIpc) is 3.34. The van der Waals surface area contributed by atoms with E-state index in [1.165, 1.54) is 0 Å². The van der Waals surface area contributed by atoms with Crippen molar-refractivity contribution >= 4 is 22.6 Å². The van der Waals surface area contributed by atoms with Crippen molar-refractivity contribution in [1.82, 2.24) is 30.2 Å². The molecule has 166 valence electrons. The Morgan fingerprint density at radius 2 is 1.97 bits per heavy atom. The normalized spacial score (nSPS) is 20.0. The lowest BCUT2D eigenvalue weighted by Crippen LogP contribution is -2.44. The Balaban J connectivity index is 1.20. The molecule has 2 saturated heterocycles. The number of anilines is 1. The van der Waals surface area contributed by atoms with Gasteiger partial charge in [-0.05, 0) is 50.1 Å². The summed E-state index contributed by atoms with van der Waals surface area (Å²) in [6.07, 6.45) is 6.61. The summed E-state index contributed by atoms with van der Waals surface area (Å²) in [7, 11) is 1.61. The van der Waals surface area contributed by atoms with Crippen molar-refractivity contribution in [2.75, 3.05) is 38.1 Å². The maximum Gasteiger partial charge on any atom is 0.269 e. The molecule has 2 aliphatic heterocycles. The van der Waals surface area contributed by atoms with Crippen molar-refractivity contribution in [2.24, 2.45) is 0 Å². The van der Waals surface area contributed by atoms with Gasteiger partial charge >= 0.3 is 0 Å². The maximum absolute atomic E-state index is 12.4. The summed E-state index contributed by atoms with van der Waals surface area (Å²) >= 11 is 0. The number of hydrogen-bond acceptors (Lipinski definition) is 7. The molecule has 3 aromatic rings. The van der Waals surface area contributed by atoms with Crippen LogP contribution in [0.2, 0.25) is 0 Å². The molecule has 9 heteroatoms. The predicted octanol–water partition coefficient (Wildman–Crippen LogP) is 1.53. The Hall–Kier alpha value is -3.33. The highest BCUT2D eigenvalue weighted by Crippen LogP contribution is 2.30. The Morgan fingerprint density at radius 1 is 1.12 bits per heavy atom. The van der Waals surface area contributed by atoms with Crippen molar-refractivity contribution < 1.29 is 4.79 Å². The topological polar surface area (TPSA) is 107 Å². The van der Waals surface area contributed by atoms with Gasteiger partial charge in [0.25, 0.3) is 11.5 Å². The lowest BCUT2D eigenvalue weighted by Gasteiger charge is -2.37. The molecule has 0 aliphatic carbocycles. The van der Waals surface area contributed by atoms with Crippen molar-refractivity contribution in [2.45, 2.75) is 31.2 Å². The summed E-state index contributed by atoms with van der Waals surface area (Å²) in [6, 6.07) is 7.79. The van der Waals surface area contributed by atoms with Crippen LogP contribution < -0.4 is 15.8 Å². The molecule has 2 aliphatic rings. The predicted molar refractivity (Wildman–Crippen MR) is 122 cm³/mol. The van der Waals surface area contributed by atoms with E-state index < -0.39 is 0 Å². The van der Waals surface area contributed by atoms with Crippen LogP contribution in [0.15, 0.2) is 41.5 Å². The standard InChI is InChI=1S/C23H27N7O2/c1-24-23(32)19-5-4-17(13-26-19)29-11-7-16(8-12-29)30-10-6-15(14-30)20-27-21-18(22(31)28-20)3-2-9-25-21/h2-5,9,13,15-16H,6-8,10-12,14H2,1H3,(H,24,32)(H,25,27,28,31). The Morgan fingerprint density at radius 3 is 2.72 bits per heavy atom. The largest absolute Gasteiger partial charge is 0.370 e. The number of H-pyrrole nitrogens is 1. The molecule has 5 heterocycles. The van der Waals surface area contributed by atoms with Crippen molar-refractivity contribution in [3.8, 4) is 0 Å². The Labute approximate surface area is 185 Å². The maximum atomic E-state index is 12.4.